The molecule has 0 aliphatic carbocycles. The van der Waals surface area contributed by atoms with Gasteiger partial charge in [-0.05, 0) is 17.7 Å². The van der Waals surface area contributed by atoms with Crippen LogP contribution >= 0.6 is 0 Å². The van der Waals surface area contributed by atoms with E-state index in [2.05, 4.69) is 0 Å². The predicted octanol–water partition coefficient (Wildman–Crippen LogP) is 1.82. The molecular formula is C11H16O4. The van der Waals surface area contributed by atoms with E-state index in [1.807, 2.05) is 18.2 Å². The zero-order valence-corrected chi connectivity index (χ0v) is 9.28. The second kappa shape index (κ2) is 6.27. The first-order valence-electron chi connectivity index (χ1n) is 4.59. The molecule has 0 atom stereocenters. The summed E-state index contributed by atoms with van der Waals surface area (Å²) in [4.78, 5) is 0. The Morgan fingerprint density at radius 1 is 1.00 bits per heavy atom. The minimum Gasteiger partial charge on any atom is -0.493 e. The molecule has 84 valence electrons. The van der Waals surface area contributed by atoms with Gasteiger partial charge in [-0.3, -0.25) is 0 Å². The van der Waals surface area contributed by atoms with E-state index < -0.39 is 0 Å². The molecule has 0 amide bonds. The van der Waals surface area contributed by atoms with Gasteiger partial charge < -0.3 is 18.9 Å². The number of methoxy groups -OCH3 is 3. The van der Waals surface area contributed by atoms with E-state index in [9.17, 15) is 0 Å². The first kappa shape index (κ1) is 11.8. The quantitative estimate of drug-likeness (QED) is 0.532. The molecule has 4 nitrogen and oxygen atoms in total. The monoisotopic (exact) mass is 212 g/mol. The van der Waals surface area contributed by atoms with Gasteiger partial charge in [0.05, 0.1) is 20.8 Å². The standard InChI is InChI=1S/C11H16O4/c1-12-8-15-7-9-4-5-10(13-2)11(6-9)14-3/h4-6H,7-8H2,1-3H3. The van der Waals surface area contributed by atoms with Crippen LogP contribution in [0.1, 0.15) is 5.56 Å². The highest BCUT2D eigenvalue weighted by atomic mass is 16.7. The molecule has 0 saturated carbocycles. The van der Waals surface area contributed by atoms with E-state index in [0.29, 0.717) is 18.1 Å². The molecule has 0 bridgehead atoms. The van der Waals surface area contributed by atoms with E-state index in [1.54, 1.807) is 21.3 Å². The molecule has 4 heteroatoms. The highest BCUT2D eigenvalue weighted by molar-refractivity contribution is 5.42. The van der Waals surface area contributed by atoms with Gasteiger partial charge in [0.25, 0.3) is 0 Å². The molecule has 0 saturated heterocycles. The molecule has 0 radical (unpaired) electrons. The molecular weight excluding hydrogens is 196 g/mol. The first-order chi connectivity index (χ1) is 7.31. The van der Waals surface area contributed by atoms with E-state index in [0.717, 1.165) is 5.56 Å². The van der Waals surface area contributed by atoms with Crippen molar-refractivity contribution in [1.82, 2.24) is 0 Å². The maximum absolute atomic E-state index is 5.22. The zero-order valence-electron chi connectivity index (χ0n) is 9.28. The summed E-state index contributed by atoms with van der Waals surface area (Å²) in [5, 5.41) is 0. The fraction of sp³-hybridized carbons (Fsp3) is 0.455. The molecule has 0 aliphatic rings. The fourth-order valence-electron chi connectivity index (χ4n) is 1.21. The lowest BCUT2D eigenvalue weighted by Crippen LogP contribution is -1.98. The summed E-state index contributed by atoms with van der Waals surface area (Å²) in [6, 6.07) is 5.66. The summed E-state index contributed by atoms with van der Waals surface area (Å²) >= 11 is 0. The third kappa shape index (κ3) is 3.42. The van der Waals surface area contributed by atoms with Crippen LogP contribution in [0.3, 0.4) is 0 Å². The maximum Gasteiger partial charge on any atom is 0.161 e. The average molecular weight is 212 g/mol. The van der Waals surface area contributed by atoms with E-state index >= 15 is 0 Å². The predicted molar refractivity (Wildman–Crippen MR) is 56.2 cm³/mol. The molecule has 1 aromatic carbocycles. The number of benzene rings is 1. The van der Waals surface area contributed by atoms with Crippen LogP contribution in [-0.4, -0.2) is 28.1 Å². The Balaban J connectivity index is 2.66. The molecule has 0 aromatic heterocycles. The van der Waals surface area contributed by atoms with Gasteiger partial charge in [-0.2, -0.15) is 0 Å². The lowest BCUT2D eigenvalue weighted by molar-refractivity contribution is -0.0391. The molecule has 15 heavy (non-hydrogen) atoms. The Bertz CT molecular complexity index is 299. The zero-order chi connectivity index (χ0) is 11.1. The van der Waals surface area contributed by atoms with Gasteiger partial charge in [0.1, 0.15) is 6.79 Å². The van der Waals surface area contributed by atoms with Crippen molar-refractivity contribution in [3.8, 4) is 11.5 Å². The highest BCUT2D eigenvalue weighted by Gasteiger charge is 2.04. The molecule has 0 aliphatic heterocycles. The molecule has 0 unspecified atom stereocenters. The summed E-state index contributed by atoms with van der Waals surface area (Å²) in [7, 11) is 4.81. The molecule has 0 N–H and O–H groups in total. The van der Waals surface area contributed by atoms with Gasteiger partial charge in [0.2, 0.25) is 0 Å². The van der Waals surface area contributed by atoms with Crippen LogP contribution in [0.4, 0.5) is 0 Å². The van der Waals surface area contributed by atoms with Crippen LogP contribution < -0.4 is 9.47 Å². The normalized spacial score (nSPS) is 10.1. The Morgan fingerprint density at radius 2 is 1.73 bits per heavy atom. The third-order valence-corrected chi connectivity index (χ3v) is 1.92. The Labute approximate surface area is 89.7 Å². The number of hydrogen-bond donors (Lipinski definition) is 0. The smallest absolute Gasteiger partial charge is 0.161 e. The van der Waals surface area contributed by atoms with Crippen LogP contribution in [-0.2, 0) is 16.1 Å². The van der Waals surface area contributed by atoms with Gasteiger partial charge in [0, 0.05) is 7.11 Å². The van der Waals surface area contributed by atoms with Crippen molar-refractivity contribution in [2.24, 2.45) is 0 Å². The first-order valence-corrected chi connectivity index (χ1v) is 4.59. The fourth-order valence-corrected chi connectivity index (χ4v) is 1.21. The second-order valence-corrected chi connectivity index (χ2v) is 2.94. The van der Waals surface area contributed by atoms with Crippen molar-refractivity contribution in [3.63, 3.8) is 0 Å². The summed E-state index contributed by atoms with van der Waals surface area (Å²) in [6.45, 7) is 0.780. The Morgan fingerprint density at radius 3 is 2.33 bits per heavy atom. The SMILES string of the molecule is COCOCc1ccc(OC)c(OC)c1. The summed E-state index contributed by atoms with van der Waals surface area (Å²) in [5.74, 6) is 1.42. The lowest BCUT2D eigenvalue weighted by atomic mass is 10.2. The van der Waals surface area contributed by atoms with Gasteiger partial charge >= 0.3 is 0 Å². The van der Waals surface area contributed by atoms with Crippen LogP contribution in [0, 0.1) is 0 Å². The minimum absolute atomic E-state index is 0.286. The minimum atomic E-state index is 0.286. The van der Waals surface area contributed by atoms with Crippen molar-refractivity contribution in [3.05, 3.63) is 23.8 Å². The Kier molecular flexibility index (Phi) is 4.93. The lowest BCUT2D eigenvalue weighted by Gasteiger charge is -2.09. The molecule has 0 fully saturated rings. The third-order valence-electron chi connectivity index (χ3n) is 1.92. The highest BCUT2D eigenvalue weighted by Crippen LogP contribution is 2.27. The number of rotatable bonds is 6. The number of ether oxygens (including phenoxy) is 4. The van der Waals surface area contributed by atoms with Gasteiger partial charge in [-0.15, -0.1) is 0 Å². The summed E-state index contributed by atoms with van der Waals surface area (Å²) in [6.07, 6.45) is 0. The molecule has 1 aromatic rings. The van der Waals surface area contributed by atoms with Gasteiger partial charge in [-0.25, -0.2) is 0 Å². The van der Waals surface area contributed by atoms with Crippen LogP contribution in [0.5, 0.6) is 11.5 Å². The van der Waals surface area contributed by atoms with Crippen LogP contribution in [0.2, 0.25) is 0 Å². The van der Waals surface area contributed by atoms with Crippen molar-refractivity contribution < 1.29 is 18.9 Å². The van der Waals surface area contributed by atoms with Gasteiger partial charge in [0.15, 0.2) is 11.5 Å². The average Bonchev–Trinajstić information content (AvgIpc) is 2.29. The Hall–Kier alpha value is -1.26. The number of hydrogen-bond acceptors (Lipinski definition) is 4. The van der Waals surface area contributed by atoms with Crippen molar-refractivity contribution in [2.75, 3.05) is 28.1 Å². The molecule has 0 heterocycles. The van der Waals surface area contributed by atoms with E-state index in [-0.39, 0.29) is 6.79 Å². The molecule has 1 rings (SSSR count). The summed E-state index contributed by atoms with van der Waals surface area (Å²) < 4.78 is 20.3. The summed E-state index contributed by atoms with van der Waals surface area (Å²) in [5.41, 5.74) is 1.02. The molecule has 0 spiro atoms. The van der Waals surface area contributed by atoms with Crippen molar-refractivity contribution in [2.45, 2.75) is 6.61 Å². The van der Waals surface area contributed by atoms with Crippen molar-refractivity contribution in [1.29, 1.82) is 0 Å². The maximum atomic E-state index is 5.22. The van der Waals surface area contributed by atoms with Crippen molar-refractivity contribution >= 4 is 0 Å². The van der Waals surface area contributed by atoms with E-state index in [1.165, 1.54) is 0 Å². The topological polar surface area (TPSA) is 36.9 Å². The second-order valence-electron chi connectivity index (χ2n) is 2.94. The van der Waals surface area contributed by atoms with Gasteiger partial charge in [-0.1, -0.05) is 6.07 Å². The van der Waals surface area contributed by atoms with E-state index in [4.69, 9.17) is 18.9 Å². The van der Waals surface area contributed by atoms with Crippen LogP contribution in [0.15, 0.2) is 18.2 Å². The van der Waals surface area contributed by atoms with Crippen LogP contribution in [0.25, 0.3) is 0 Å². The largest absolute Gasteiger partial charge is 0.493 e.